The molecule has 5 rings (SSSR count). The molecule has 0 bridgehead atoms. The van der Waals surface area contributed by atoms with Crippen LogP contribution in [0.5, 0.6) is 11.5 Å². The first kappa shape index (κ1) is 22.4. The standard InChI is InChI=1S/C24H22N4O4S2/c1-3-14(2)25-21-16(22(29)27-9-5-4-6-20(27)26-21)11-19-23(30)28(24(33)34-19)12-15-7-8-17-18(10-15)32-13-31-17/h4-11,14,25H,3,12-13H2,1-2H3. The average Bonchev–Trinajstić information content (AvgIpc) is 3.41. The van der Waals surface area contributed by atoms with Gasteiger partial charge in [-0.3, -0.25) is 18.9 Å². The Kier molecular flexibility index (Phi) is 6.01. The van der Waals surface area contributed by atoms with E-state index in [9.17, 15) is 9.59 Å². The zero-order valence-corrected chi connectivity index (χ0v) is 20.2. The van der Waals surface area contributed by atoms with Crippen LogP contribution in [0.15, 0.2) is 52.3 Å². The molecule has 2 aromatic heterocycles. The Bertz CT molecular complexity index is 1400. The molecule has 174 valence electrons. The van der Waals surface area contributed by atoms with Gasteiger partial charge in [-0.2, -0.15) is 0 Å². The van der Waals surface area contributed by atoms with E-state index in [1.807, 2.05) is 38.1 Å². The number of aromatic nitrogens is 2. The monoisotopic (exact) mass is 494 g/mol. The number of hydrogen-bond acceptors (Lipinski definition) is 8. The minimum Gasteiger partial charge on any atom is -0.454 e. The summed E-state index contributed by atoms with van der Waals surface area (Å²) in [5, 5.41) is 3.31. The first-order chi connectivity index (χ1) is 16.4. The molecule has 0 spiro atoms. The molecular formula is C24H22N4O4S2. The zero-order chi connectivity index (χ0) is 23.8. The fourth-order valence-corrected chi connectivity index (χ4v) is 4.90. The van der Waals surface area contributed by atoms with Gasteiger partial charge in [0.1, 0.15) is 15.8 Å². The van der Waals surface area contributed by atoms with Crippen LogP contribution < -0.4 is 20.3 Å². The van der Waals surface area contributed by atoms with Crippen molar-refractivity contribution in [2.75, 3.05) is 12.1 Å². The summed E-state index contributed by atoms with van der Waals surface area (Å²) in [6, 6.07) is 11.0. The average molecular weight is 495 g/mol. The van der Waals surface area contributed by atoms with Gasteiger partial charge in [-0.05, 0) is 49.2 Å². The van der Waals surface area contributed by atoms with Crippen molar-refractivity contribution in [2.24, 2.45) is 0 Å². The quantitative estimate of drug-likeness (QED) is 0.406. The predicted octanol–water partition coefficient (Wildman–Crippen LogP) is 4.04. The highest BCUT2D eigenvalue weighted by Gasteiger charge is 2.33. The topological polar surface area (TPSA) is 85.2 Å². The number of ether oxygens (including phenoxy) is 2. The van der Waals surface area contributed by atoms with Crippen LogP contribution >= 0.6 is 24.0 Å². The fraction of sp³-hybridized carbons (Fsp3) is 0.250. The Balaban J connectivity index is 1.49. The SMILES string of the molecule is CCC(C)Nc1nc2ccccn2c(=O)c1C=C1SC(=S)N(Cc2ccc3c(c2)OCO3)C1=O. The molecule has 34 heavy (non-hydrogen) atoms. The van der Waals surface area contributed by atoms with Crippen molar-refractivity contribution in [2.45, 2.75) is 32.9 Å². The van der Waals surface area contributed by atoms with Gasteiger partial charge < -0.3 is 14.8 Å². The van der Waals surface area contributed by atoms with Crippen LogP contribution in [0.3, 0.4) is 0 Å². The molecule has 1 unspecified atom stereocenters. The lowest BCUT2D eigenvalue weighted by molar-refractivity contribution is -0.122. The molecule has 3 aromatic rings. The third kappa shape index (κ3) is 4.14. The Hall–Kier alpha value is -3.37. The number of thioether (sulfide) groups is 1. The number of anilines is 1. The summed E-state index contributed by atoms with van der Waals surface area (Å²) in [7, 11) is 0. The minimum absolute atomic E-state index is 0.103. The number of rotatable bonds is 6. The van der Waals surface area contributed by atoms with E-state index >= 15 is 0 Å². The van der Waals surface area contributed by atoms with Gasteiger partial charge in [0, 0.05) is 12.2 Å². The van der Waals surface area contributed by atoms with E-state index < -0.39 is 0 Å². The van der Waals surface area contributed by atoms with Gasteiger partial charge in [-0.15, -0.1) is 0 Å². The summed E-state index contributed by atoms with van der Waals surface area (Å²) >= 11 is 6.68. The van der Waals surface area contributed by atoms with Gasteiger partial charge in [0.2, 0.25) is 6.79 Å². The number of fused-ring (bicyclic) bond motifs is 2. The first-order valence-corrected chi connectivity index (χ1v) is 12.1. The molecule has 1 fully saturated rings. The smallest absolute Gasteiger partial charge is 0.267 e. The molecule has 2 aliphatic rings. The Morgan fingerprint density at radius 3 is 2.88 bits per heavy atom. The van der Waals surface area contributed by atoms with E-state index in [2.05, 4.69) is 10.3 Å². The van der Waals surface area contributed by atoms with Crippen LogP contribution in [0.25, 0.3) is 11.7 Å². The Labute approximate surface area is 205 Å². The molecule has 1 atom stereocenters. The van der Waals surface area contributed by atoms with E-state index in [4.69, 9.17) is 21.7 Å². The van der Waals surface area contributed by atoms with Gasteiger partial charge in [-0.1, -0.05) is 43.0 Å². The largest absolute Gasteiger partial charge is 0.454 e. The summed E-state index contributed by atoms with van der Waals surface area (Å²) in [4.78, 5) is 33.1. The predicted molar refractivity (Wildman–Crippen MR) is 136 cm³/mol. The van der Waals surface area contributed by atoms with Crippen LogP contribution in [0.4, 0.5) is 5.82 Å². The second-order valence-electron chi connectivity index (χ2n) is 8.02. The second kappa shape index (κ2) is 9.11. The molecule has 10 heteroatoms. The van der Waals surface area contributed by atoms with E-state index in [0.29, 0.717) is 44.3 Å². The van der Waals surface area contributed by atoms with Gasteiger partial charge in [0.25, 0.3) is 11.5 Å². The summed E-state index contributed by atoms with van der Waals surface area (Å²) in [5.74, 6) is 1.53. The fourth-order valence-electron chi connectivity index (χ4n) is 3.67. The number of benzene rings is 1. The van der Waals surface area contributed by atoms with Crippen molar-refractivity contribution in [3.63, 3.8) is 0 Å². The van der Waals surface area contributed by atoms with Gasteiger partial charge in [0.15, 0.2) is 11.5 Å². The van der Waals surface area contributed by atoms with Crippen molar-refractivity contribution >= 4 is 51.7 Å². The van der Waals surface area contributed by atoms with Gasteiger partial charge in [-0.25, -0.2) is 4.98 Å². The molecule has 4 heterocycles. The maximum absolute atomic E-state index is 13.3. The molecule has 1 aromatic carbocycles. The molecule has 0 saturated carbocycles. The van der Waals surface area contributed by atoms with Crippen LogP contribution in [0.1, 0.15) is 31.4 Å². The van der Waals surface area contributed by atoms with Crippen LogP contribution in [0.2, 0.25) is 0 Å². The van der Waals surface area contributed by atoms with Crippen molar-refractivity contribution in [3.05, 3.63) is 69.0 Å². The number of carbonyl (C=O) groups is 1. The van der Waals surface area contributed by atoms with Crippen molar-refractivity contribution in [1.29, 1.82) is 0 Å². The molecule has 1 N–H and O–H groups in total. The van der Waals surface area contributed by atoms with E-state index in [-0.39, 0.29) is 24.3 Å². The highest BCUT2D eigenvalue weighted by molar-refractivity contribution is 8.26. The maximum atomic E-state index is 13.3. The molecule has 2 aliphatic heterocycles. The summed E-state index contributed by atoms with van der Waals surface area (Å²) in [6.45, 7) is 4.55. The highest BCUT2D eigenvalue weighted by atomic mass is 32.2. The van der Waals surface area contributed by atoms with Crippen LogP contribution in [-0.4, -0.2) is 37.3 Å². The summed E-state index contributed by atoms with van der Waals surface area (Å²) < 4.78 is 12.7. The maximum Gasteiger partial charge on any atom is 0.267 e. The Morgan fingerprint density at radius 1 is 1.24 bits per heavy atom. The van der Waals surface area contributed by atoms with Crippen LogP contribution in [-0.2, 0) is 11.3 Å². The number of thiocarbonyl (C=S) groups is 1. The number of amides is 1. The molecule has 0 radical (unpaired) electrons. The zero-order valence-electron chi connectivity index (χ0n) is 18.6. The summed E-state index contributed by atoms with van der Waals surface area (Å²) in [6.07, 6.45) is 4.12. The molecule has 1 saturated heterocycles. The highest BCUT2D eigenvalue weighted by Crippen LogP contribution is 2.36. The first-order valence-electron chi connectivity index (χ1n) is 10.9. The lowest BCUT2D eigenvalue weighted by Crippen LogP contribution is -2.27. The number of nitrogens with zero attached hydrogens (tertiary/aromatic N) is 3. The van der Waals surface area contributed by atoms with E-state index in [0.717, 1.165) is 12.0 Å². The third-order valence-corrected chi connectivity index (χ3v) is 7.07. The Morgan fingerprint density at radius 2 is 2.06 bits per heavy atom. The van der Waals surface area contributed by atoms with Crippen molar-refractivity contribution in [1.82, 2.24) is 14.3 Å². The third-order valence-electron chi connectivity index (χ3n) is 5.69. The van der Waals surface area contributed by atoms with E-state index in [1.165, 1.54) is 21.1 Å². The second-order valence-corrected chi connectivity index (χ2v) is 9.69. The molecular weight excluding hydrogens is 472 g/mol. The van der Waals surface area contributed by atoms with Gasteiger partial charge in [0.05, 0.1) is 17.0 Å². The lowest BCUT2D eigenvalue weighted by Gasteiger charge is -2.16. The lowest BCUT2D eigenvalue weighted by atomic mass is 10.2. The molecule has 0 aliphatic carbocycles. The normalized spacial score (nSPS) is 17.1. The molecule has 8 nitrogen and oxygen atoms in total. The number of nitrogens with one attached hydrogen (secondary N) is 1. The number of carbonyl (C=O) groups excluding carboxylic acids is 1. The number of hydrogen-bond donors (Lipinski definition) is 1. The summed E-state index contributed by atoms with van der Waals surface area (Å²) in [5.41, 5.74) is 1.48. The van der Waals surface area contributed by atoms with Gasteiger partial charge >= 0.3 is 0 Å². The van der Waals surface area contributed by atoms with Crippen molar-refractivity contribution in [3.8, 4) is 11.5 Å². The van der Waals surface area contributed by atoms with Crippen LogP contribution in [0, 0.1) is 0 Å². The minimum atomic E-state index is -0.252. The molecule has 1 amide bonds. The van der Waals surface area contributed by atoms with E-state index in [1.54, 1.807) is 24.4 Å². The number of pyridine rings is 1. The van der Waals surface area contributed by atoms with Crippen molar-refractivity contribution < 1.29 is 14.3 Å².